The number of aliphatic imine (C=N–C) groups is 1. The summed E-state index contributed by atoms with van der Waals surface area (Å²) in [6.07, 6.45) is 7.66. The zero-order valence-corrected chi connectivity index (χ0v) is 22.5. The van der Waals surface area contributed by atoms with Gasteiger partial charge in [-0.1, -0.05) is 82.1 Å². The lowest BCUT2D eigenvalue weighted by Crippen LogP contribution is -2.28. The molecule has 0 amide bonds. The van der Waals surface area contributed by atoms with Crippen molar-refractivity contribution in [3.05, 3.63) is 135 Å². The van der Waals surface area contributed by atoms with Crippen molar-refractivity contribution in [1.29, 1.82) is 0 Å². The van der Waals surface area contributed by atoms with E-state index < -0.39 is 0 Å². The maximum absolute atomic E-state index is 6.10. The molecule has 3 nitrogen and oxygen atoms in total. The van der Waals surface area contributed by atoms with Crippen LogP contribution in [-0.4, -0.2) is 6.21 Å². The molecule has 2 aliphatic rings. The van der Waals surface area contributed by atoms with E-state index in [1.807, 2.05) is 48.7 Å². The van der Waals surface area contributed by atoms with Crippen LogP contribution in [0, 0.1) is 5.92 Å². The quantitative estimate of drug-likeness (QED) is 0.185. The lowest BCUT2D eigenvalue weighted by atomic mass is 9.77. The van der Waals surface area contributed by atoms with E-state index in [1.165, 1.54) is 16.8 Å². The van der Waals surface area contributed by atoms with Gasteiger partial charge in [0.25, 0.3) is 0 Å². The highest BCUT2D eigenvalue weighted by atomic mass is 79.9. The summed E-state index contributed by atoms with van der Waals surface area (Å²) in [5.41, 5.74) is 6.82. The molecular formula is C32H26BrClN2O. The Bertz CT molecular complexity index is 1460. The molecule has 0 spiro atoms. The lowest BCUT2D eigenvalue weighted by Gasteiger charge is -2.37. The van der Waals surface area contributed by atoms with Crippen molar-refractivity contribution in [2.45, 2.75) is 25.0 Å². The smallest absolute Gasteiger partial charge is 0.128 e. The molecule has 0 saturated heterocycles. The number of hydrogen-bond acceptors (Lipinski definition) is 3. The molecule has 0 saturated carbocycles. The molecule has 1 aliphatic carbocycles. The molecule has 1 heterocycles. The number of hydrogen-bond donors (Lipinski definition) is 1. The van der Waals surface area contributed by atoms with E-state index in [-0.39, 0.29) is 6.04 Å². The minimum Gasteiger partial charge on any atom is -0.488 e. The molecule has 1 N–H and O–H groups in total. The fourth-order valence-corrected chi connectivity index (χ4v) is 5.78. The zero-order chi connectivity index (χ0) is 25.2. The second-order valence-corrected chi connectivity index (χ2v) is 10.9. The van der Waals surface area contributed by atoms with Crippen LogP contribution in [0.1, 0.15) is 40.6 Å². The third kappa shape index (κ3) is 5.22. The van der Waals surface area contributed by atoms with Crippen LogP contribution in [0.5, 0.6) is 5.75 Å². The number of allylic oxidation sites excluding steroid dienone is 2. The number of fused-ring (bicyclic) bond motifs is 3. The summed E-state index contributed by atoms with van der Waals surface area (Å²) in [7, 11) is 0. The summed E-state index contributed by atoms with van der Waals surface area (Å²) in [4.78, 5) is 4.76. The molecule has 0 radical (unpaired) electrons. The summed E-state index contributed by atoms with van der Waals surface area (Å²) in [5, 5.41) is 4.52. The fourth-order valence-electron chi connectivity index (χ4n) is 5.28. The van der Waals surface area contributed by atoms with Gasteiger partial charge in [0.05, 0.1) is 11.7 Å². The molecule has 0 aromatic heterocycles. The Labute approximate surface area is 231 Å². The van der Waals surface area contributed by atoms with Crippen molar-refractivity contribution in [2.24, 2.45) is 10.9 Å². The average molecular weight is 570 g/mol. The number of benzene rings is 4. The summed E-state index contributed by atoms with van der Waals surface area (Å²) in [6, 6.07) is 31.2. The van der Waals surface area contributed by atoms with Gasteiger partial charge in [-0.25, -0.2) is 0 Å². The highest BCUT2D eigenvalue weighted by Gasteiger charge is 2.37. The summed E-state index contributed by atoms with van der Waals surface area (Å²) in [6.45, 7) is 0.461. The second-order valence-electron chi connectivity index (χ2n) is 9.51. The van der Waals surface area contributed by atoms with Gasteiger partial charge in [-0.3, -0.25) is 4.99 Å². The minimum atomic E-state index is 0.283. The molecule has 3 atom stereocenters. The van der Waals surface area contributed by atoms with E-state index in [2.05, 4.69) is 81.9 Å². The lowest BCUT2D eigenvalue weighted by molar-refractivity contribution is 0.306. The van der Waals surface area contributed by atoms with E-state index in [9.17, 15) is 0 Å². The normalized spacial score (nSPS) is 19.9. The Hall–Kier alpha value is -3.34. The molecule has 5 heteroatoms. The number of rotatable bonds is 6. The van der Waals surface area contributed by atoms with E-state index in [4.69, 9.17) is 21.3 Å². The van der Waals surface area contributed by atoms with E-state index in [1.54, 1.807) is 0 Å². The first-order valence-corrected chi connectivity index (χ1v) is 13.6. The molecule has 0 fully saturated rings. The van der Waals surface area contributed by atoms with Gasteiger partial charge in [-0.2, -0.15) is 0 Å². The summed E-state index contributed by atoms with van der Waals surface area (Å²) in [5.74, 6) is 1.79. The Balaban J connectivity index is 1.18. The SMILES string of the molecule is Clc1ccc(COc2ccc(Br)cc2C=Nc2ccc([C@@H]3Nc4ccccc4[C@@H]4C=CC[C@H]43)cc2)cc1. The van der Waals surface area contributed by atoms with Crippen LogP contribution in [0.4, 0.5) is 11.4 Å². The molecule has 37 heavy (non-hydrogen) atoms. The van der Waals surface area contributed by atoms with Gasteiger partial charge in [0, 0.05) is 32.9 Å². The van der Waals surface area contributed by atoms with Gasteiger partial charge in [-0.15, -0.1) is 0 Å². The maximum Gasteiger partial charge on any atom is 0.128 e. The topological polar surface area (TPSA) is 33.6 Å². The predicted molar refractivity (Wildman–Crippen MR) is 156 cm³/mol. The highest BCUT2D eigenvalue weighted by Crippen LogP contribution is 2.49. The first kappa shape index (κ1) is 24.0. The van der Waals surface area contributed by atoms with Crippen molar-refractivity contribution >= 4 is 45.1 Å². The largest absolute Gasteiger partial charge is 0.488 e. The van der Waals surface area contributed by atoms with E-state index in [0.717, 1.165) is 38.5 Å². The Morgan fingerprint density at radius 3 is 2.62 bits per heavy atom. The third-order valence-electron chi connectivity index (χ3n) is 7.16. The Morgan fingerprint density at radius 2 is 1.78 bits per heavy atom. The standard InChI is InChI=1S/C32H26BrClN2O/c33-24-12-17-31(37-20-21-8-13-25(34)14-9-21)23(18-24)19-35-26-15-10-22(11-16-26)32-29-6-3-5-27(29)28-4-1-2-7-30(28)36-32/h1-5,7-19,27,29,32,36H,6,20H2/t27-,29+,32-/m0/s1. The third-order valence-corrected chi connectivity index (χ3v) is 7.90. The van der Waals surface area contributed by atoms with E-state index in [0.29, 0.717) is 18.4 Å². The van der Waals surface area contributed by atoms with Gasteiger partial charge < -0.3 is 10.1 Å². The predicted octanol–water partition coefficient (Wildman–Crippen LogP) is 9.26. The van der Waals surface area contributed by atoms with Crippen LogP contribution < -0.4 is 10.1 Å². The van der Waals surface area contributed by atoms with Crippen molar-refractivity contribution in [1.82, 2.24) is 0 Å². The first-order chi connectivity index (χ1) is 18.1. The molecule has 184 valence electrons. The van der Waals surface area contributed by atoms with Crippen molar-refractivity contribution < 1.29 is 4.74 Å². The Morgan fingerprint density at radius 1 is 0.973 bits per heavy atom. The minimum absolute atomic E-state index is 0.283. The monoisotopic (exact) mass is 568 g/mol. The van der Waals surface area contributed by atoms with Crippen molar-refractivity contribution in [3.8, 4) is 5.75 Å². The van der Waals surface area contributed by atoms with Gasteiger partial charge in [-0.05, 0) is 77.6 Å². The average Bonchev–Trinajstić information content (AvgIpc) is 3.43. The molecule has 0 unspecified atom stereocenters. The zero-order valence-electron chi connectivity index (χ0n) is 20.1. The van der Waals surface area contributed by atoms with Crippen LogP contribution in [0.2, 0.25) is 5.02 Å². The van der Waals surface area contributed by atoms with Crippen LogP contribution in [0.25, 0.3) is 0 Å². The van der Waals surface area contributed by atoms with E-state index >= 15 is 0 Å². The van der Waals surface area contributed by atoms with Crippen LogP contribution in [0.15, 0.2) is 113 Å². The van der Waals surface area contributed by atoms with Crippen LogP contribution in [-0.2, 0) is 6.61 Å². The van der Waals surface area contributed by atoms with Crippen molar-refractivity contribution in [2.75, 3.05) is 5.32 Å². The second kappa shape index (κ2) is 10.6. The summed E-state index contributed by atoms with van der Waals surface area (Å²) >= 11 is 9.57. The van der Waals surface area contributed by atoms with Crippen LogP contribution in [0.3, 0.4) is 0 Å². The molecular weight excluding hydrogens is 544 g/mol. The number of anilines is 1. The van der Waals surface area contributed by atoms with Crippen molar-refractivity contribution in [3.63, 3.8) is 0 Å². The Kier molecular flexibility index (Phi) is 6.86. The van der Waals surface area contributed by atoms with Gasteiger partial charge in [0.1, 0.15) is 12.4 Å². The molecule has 4 aromatic rings. The number of nitrogens with zero attached hydrogens (tertiary/aromatic N) is 1. The molecule has 4 aromatic carbocycles. The number of nitrogens with one attached hydrogen (secondary N) is 1. The highest BCUT2D eigenvalue weighted by molar-refractivity contribution is 9.10. The van der Waals surface area contributed by atoms with Gasteiger partial charge in [0.15, 0.2) is 0 Å². The van der Waals surface area contributed by atoms with Crippen LogP contribution >= 0.6 is 27.5 Å². The van der Waals surface area contributed by atoms with Gasteiger partial charge >= 0.3 is 0 Å². The molecule has 1 aliphatic heterocycles. The number of ether oxygens (including phenoxy) is 1. The molecule has 0 bridgehead atoms. The number of para-hydroxylation sites is 1. The summed E-state index contributed by atoms with van der Waals surface area (Å²) < 4.78 is 7.08. The molecule has 6 rings (SSSR count). The van der Waals surface area contributed by atoms with Gasteiger partial charge in [0.2, 0.25) is 0 Å². The first-order valence-electron chi connectivity index (χ1n) is 12.5. The fraction of sp³-hybridized carbons (Fsp3) is 0.156. The number of halogens is 2. The maximum atomic E-state index is 6.10.